The topological polar surface area (TPSA) is 99.5 Å². The Hall–Kier alpha value is -1.29. The normalized spacial score (nSPS) is 13.7. The zero-order chi connectivity index (χ0) is 15.6. The van der Waals surface area contributed by atoms with E-state index in [-0.39, 0.29) is 5.69 Å². The van der Waals surface area contributed by atoms with Crippen LogP contribution < -0.4 is 5.32 Å². The minimum Gasteiger partial charge on any atom is -0.479 e. The Morgan fingerprint density at radius 2 is 2.14 bits per heavy atom. The van der Waals surface area contributed by atoms with Gasteiger partial charge in [0.2, 0.25) is 0 Å². The maximum Gasteiger partial charge on any atom is 0.337 e. The number of nitrogens with one attached hydrogen (secondary N) is 1. The van der Waals surface area contributed by atoms with Crippen molar-refractivity contribution < 1.29 is 19.8 Å². The molecule has 2 aromatic rings. The number of aromatic nitrogens is 1. The minimum absolute atomic E-state index is 0.195. The molecule has 0 bridgehead atoms. The van der Waals surface area contributed by atoms with Gasteiger partial charge in [0.1, 0.15) is 10.7 Å². The first-order chi connectivity index (χ1) is 9.79. The Bertz CT molecular complexity index is 680. The molecule has 1 atom stereocenters. The van der Waals surface area contributed by atoms with Crippen molar-refractivity contribution in [1.29, 1.82) is 0 Å². The lowest BCUT2D eigenvalue weighted by molar-refractivity contribution is -0.155. The standard InChI is InChI=1S/C12H11BrN2O4S2/c1-12(19,11(17)18)5-14-9(16)7-4-21-10(15-7)8-2-6(13)3-20-8/h2-4,19H,5H2,1H3,(H,14,16)(H,17,18). The maximum atomic E-state index is 11.9. The Morgan fingerprint density at radius 3 is 2.71 bits per heavy atom. The predicted molar refractivity (Wildman–Crippen MR) is 83.7 cm³/mol. The molecule has 0 aromatic carbocycles. The van der Waals surface area contributed by atoms with Gasteiger partial charge in [0, 0.05) is 15.2 Å². The Labute approximate surface area is 136 Å². The SMILES string of the molecule is CC(O)(CNC(=O)c1csc(-c2cc(Br)cs2)n1)C(=O)O. The third-order valence-corrected chi connectivity index (χ3v) is 5.27. The first kappa shape index (κ1) is 16.1. The number of hydrogen-bond donors (Lipinski definition) is 3. The van der Waals surface area contributed by atoms with Gasteiger partial charge in [-0.15, -0.1) is 22.7 Å². The van der Waals surface area contributed by atoms with Crippen molar-refractivity contribution in [1.82, 2.24) is 10.3 Å². The molecule has 1 amide bonds. The number of thiazole rings is 1. The fourth-order valence-corrected chi connectivity index (χ4v) is 3.64. The summed E-state index contributed by atoms with van der Waals surface area (Å²) in [7, 11) is 0. The van der Waals surface area contributed by atoms with Gasteiger partial charge in [-0.3, -0.25) is 4.79 Å². The molecular weight excluding hydrogens is 380 g/mol. The van der Waals surface area contributed by atoms with E-state index in [0.29, 0.717) is 5.01 Å². The molecule has 112 valence electrons. The van der Waals surface area contributed by atoms with Crippen LogP contribution in [0.3, 0.4) is 0 Å². The van der Waals surface area contributed by atoms with E-state index in [0.717, 1.165) is 16.3 Å². The van der Waals surface area contributed by atoms with Crippen molar-refractivity contribution in [2.45, 2.75) is 12.5 Å². The van der Waals surface area contributed by atoms with Gasteiger partial charge in [-0.25, -0.2) is 9.78 Å². The molecule has 2 rings (SSSR count). The second kappa shape index (κ2) is 6.22. The molecule has 1 unspecified atom stereocenters. The van der Waals surface area contributed by atoms with Gasteiger partial charge >= 0.3 is 5.97 Å². The average Bonchev–Trinajstić information content (AvgIpc) is 3.04. The van der Waals surface area contributed by atoms with Gasteiger partial charge in [-0.05, 0) is 28.9 Å². The van der Waals surface area contributed by atoms with Crippen molar-refractivity contribution in [3.8, 4) is 9.88 Å². The highest BCUT2D eigenvalue weighted by atomic mass is 79.9. The number of amides is 1. The van der Waals surface area contributed by atoms with E-state index in [2.05, 4.69) is 26.2 Å². The maximum absolute atomic E-state index is 11.9. The molecule has 0 aliphatic rings. The van der Waals surface area contributed by atoms with Gasteiger partial charge in [-0.2, -0.15) is 0 Å². The number of carbonyl (C=O) groups excluding carboxylic acids is 1. The van der Waals surface area contributed by atoms with E-state index in [1.165, 1.54) is 22.7 Å². The molecule has 0 saturated heterocycles. The van der Waals surface area contributed by atoms with Crippen LogP contribution in [-0.2, 0) is 4.79 Å². The van der Waals surface area contributed by atoms with E-state index < -0.39 is 24.0 Å². The summed E-state index contributed by atoms with van der Waals surface area (Å²) in [4.78, 5) is 27.8. The lowest BCUT2D eigenvalue weighted by Gasteiger charge is -2.17. The summed E-state index contributed by atoms with van der Waals surface area (Å²) in [5.74, 6) is -1.92. The van der Waals surface area contributed by atoms with E-state index >= 15 is 0 Å². The molecular formula is C12H11BrN2O4S2. The summed E-state index contributed by atoms with van der Waals surface area (Å²) < 4.78 is 0.946. The molecule has 2 aromatic heterocycles. The van der Waals surface area contributed by atoms with Gasteiger partial charge < -0.3 is 15.5 Å². The van der Waals surface area contributed by atoms with E-state index in [4.69, 9.17) is 5.11 Å². The summed E-state index contributed by atoms with van der Waals surface area (Å²) >= 11 is 6.17. The van der Waals surface area contributed by atoms with Crippen molar-refractivity contribution in [3.63, 3.8) is 0 Å². The van der Waals surface area contributed by atoms with Crippen LogP contribution in [0, 0.1) is 0 Å². The second-order valence-electron chi connectivity index (χ2n) is 4.43. The number of thiophene rings is 1. The number of rotatable bonds is 5. The predicted octanol–water partition coefficient (Wildman–Crippen LogP) is 2.20. The number of nitrogens with zero attached hydrogens (tertiary/aromatic N) is 1. The van der Waals surface area contributed by atoms with Crippen LogP contribution in [0.2, 0.25) is 0 Å². The van der Waals surface area contributed by atoms with Gasteiger partial charge in [0.25, 0.3) is 5.91 Å². The quantitative estimate of drug-likeness (QED) is 0.726. The van der Waals surface area contributed by atoms with Gasteiger partial charge in [0.15, 0.2) is 5.60 Å². The summed E-state index contributed by atoms with van der Waals surface area (Å²) in [5.41, 5.74) is -1.81. The molecule has 3 N–H and O–H groups in total. The Balaban J connectivity index is 2.04. The number of halogens is 1. The monoisotopic (exact) mass is 390 g/mol. The lowest BCUT2D eigenvalue weighted by atomic mass is 10.1. The summed E-state index contributed by atoms with van der Waals surface area (Å²) in [5, 5.41) is 24.9. The molecule has 0 aliphatic carbocycles. The van der Waals surface area contributed by atoms with Crippen molar-refractivity contribution in [3.05, 3.63) is 27.0 Å². The van der Waals surface area contributed by atoms with Crippen LogP contribution in [0.15, 0.2) is 21.3 Å². The molecule has 0 saturated carbocycles. The number of carbonyl (C=O) groups is 2. The van der Waals surface area contributed by atoms with E-state index in [1.54, 1.807) is 5.38 Å². The number of hydrogen-bond acceptors (Lipinski definition) is 6. The Kier molecular flexibility index (Phi) is 4.77. The number of aliphatic hydroxyl groups is 1. The molecule has 0 fully saturated rings. The number of aliphatic carboxylic acids is 1. The fourth-order valence-electron chi connectivity index (χ4n) is 1.33. The highest BCUT2D eigenvalue weighted by molar-refractivity contribution is 9.10. The second-order valence-corrected chi connectivity index (χ2v) is 7.11. The highest BCUT2D eigenvalue weighted by Crippen LogP contribution is 2.31. The van der Waals surface area contributed by atoms with E-state index in [1.807, 2.05) is 11.4 Å². The third kappa shape index (κ3) is 3.88. The molecule has 0 aliphatic heterocycles. The summed E-state index contributed by atoms with van der Waals surface area (Å²) in [6.45, 7) is 0.726. The van der Waals surface area contributed by atoms with Crippen LogP contribution in [0.4, 0.5) is 0 Å². The molecule has 6 nitrogen and oxygen atoms in total. The largest absolute Gasteiger partial charge is 0.479 e. The molecule has 9 heteroatoms. The first-order valence-corrected chi connectivity index (χ1v) is 8.29. The highest BCUT2D eigenvalue weighted by Gasteiger charge is 2.30. The fraction of sp³-hybridized carbons (Fsp3) is 0.250. The van der Waals surface area contributed by atoms with Crippen LogP contribution in [0.1, 0.15) is 17.4 Å². The van der Waals surface area contributed by atoms with E-state index in [9.17, 15) is 14.7 Å². The molecule has 2 heterocycles. The third-order valence-electron chi connectivity index (χ3n) is 2.57. The first-order valence-electron chi connectivity index (χ1n) is 5.73. The number of carboxylic acid groups (broad SMARTS) is 1. The van der Waals surface area contributed by atoms with Crippen molar-refractivity contribution >= 4 is 50.5 Å². The summed E-state index contributed by atoms with van der Waals surface area (Å²) in [6, 6.07) is 1.90. The zero-order valence-corrected chi connectivity index (χ0v) is 14.0. The number of carboxylic acids is 1. The van der Waals surface area contributed by atoms with Crippen LogP contribution >= 0.6 is 38.6 Å². The minimum atomic E-state index is -2.01. The van der Waals surface area contributed by atoms with Crippen molar-refractivity contribution in [2.24, 2.45) is 0 Å². The smallest absolute Gasteiger partial charge is 0.337 e. The zero-order valence-electron chi connectivity index (χ0n) is 10.8. The summed E-state index contributed by atoms with van der Waals surface area (Å²) in [6.07, 6.45) is 0. The average molecular weight is 391 g/mol. The van der Waals surface area contributed by atoms with Crippen molar-refractivity contribution in [2.75, 3.05) is 6.54 Å². The van der Waals surface area contributed by atoms with Crippen LogP contribution in [-0.4, -0.2) is 39.2 Å². The molecule has 21 heavy (non-hydrogen) atoms. The molecule has 0 spiro atoms. The Morgan fingerprint density at radius 1 is 1.43 bits per heavy atom. The molecule has 0 radical (unpaired) electrons. The van der Waals surface area contributed by atoms with Crippen LogP contribution in [0.5, 0.6) is 0 Å². The van der Waals surface area contributed by atoms with Crippen LogP contribution in [0.25, 0.3) is 9.88 Å². The van der Waals surface area contributed by atoms with Gasteiger partial charge in [-0.1, -0.05) is 0 Å². The van der Waals surface area contributed by atoms with Gasteiger partial charge in [0.05, 0.1) is 11.4 Å². The lowest BCUT2D eigenvalue weighted by Crippen LogP contribution is -2.46.